The lowest BCUT2D eigenvalue weighted by Crippen LogP contribution is -2.13. The summed E-state index contributed by atoms with van der Waals surface area (Å²) in [5.41, 5.74) is 0. The van der Waals surface area contributed by atoms with Gasteiger partial charge >= 0.3 is 0 Å². The molecular weight excluding hydrogens is 312 g/mol. The number of hydrogen-bond acceptors (Lipinski definition) is 6. The Labute approximate surface area is 126 Å². The van der Waals surface area contributed by atoms with Gasteiger partial charge in [0.1, 0.15) is 5.82 Å². The predicted octanol–water partition coefficient (Wildman–Crippen LogP) is 0.720. The van der Waals surface area contributed by atoms with Crippen LogP contribution in [-0.4, -0.2) is 34.7 Å². The van der Waals surface area contributed by atoms with Gasteiger partial charge in [-0.15, -0.1) is 0 Å². The minimum Gasteiger partial charge on any atom is -0.395 e. The topological polar surface area (TPSA) is 97.1 Å². The number of aryl methyl sites for hydroxylation is 2. The molecule has 0 aliphatic rings. The van der Waals surface area contributed by atoms with Gasteiger partial charge in [-0.3, -0.25) is 4.72 Å². The largest absolute Gasteiger partial charge is 0.395 e. The van der Waals surface area contributed by atoms with E-state index in [-0.39, 0.29) is 16.8 Å². The van der Waals surface area contributed by atoms with Gasteiger partial charge in [0.2, 0.25) is 0 Å². The molecule has 0 aliphatic heterocycles. The predicted molar refractivity (Wildman–Crippen MR) is 79.4 cm³/mol. The number of nitrogens with one attached hydrogen (secondary N) is 1. The molecule has 2 aromatic heterocycles. The molecule has 2 rings (SSSR count). The molecule has 21 heavy (non-hydrogen) atoms. The second-order valence-corrected chi connectivity index (χ2v) is 6.81. The molecule has 112 valence electrons. The second kappa shape index (κ2) is 6.26. The maximum absolute atomic E-state index is 12.1. The summed E-state index contributed by atoms with van der Waals surface area (Å²) in [4.78, 5) is 8.57. The molecule has 9 heteroatoms. The second-order valence-electron chi connectivity index (χ2n) is 4.15. The molecule has 0 bridgehead atoms. The number of sulfonamides is 1. The van der Waals surface area contributed by atoms with Gasteiger partial charge in [-0.2, -0.15) is 8.42 Å². The molecule has 0 atom stereocenters. The molecule has 0 saturated heterocycles. The van der Waals surface area contributed by atoms with Gasteiger partial charge in [0.15, 0.2) is 10.2 Å². The molecule has 0 unspecified atom stereocenters. The van der Waals surface area contributed by atoms with Crippen LogP contribution in [0.5, 0.6) is 0 Å². The Morgan fingerprint density at radius 2 is 2.29 bits per heavy atom. The van der Waals surface area contributed by atoms with E-state index in [0.29, 0.717) is 17.1 Å². The summed E-state index contributed by atoms with van der Waals surface area (Å²) >= 11 is 1.12. The van der Waals surface area contributed by atoms with Crippen molar-refractivity contribution in [3.05, 3.63) is 23.1 Å². The number of aliphatic hydroxyl groups excluding tert-OH is 1. The van der Waals surface area contributed by atoms with Crippen LogP contribution in [0, 0.1) is 18.8 Å². The summed E-state index contributed by atoms with van der Waals surface area (Å²) in [5.74, 6) is 6.15. The number of thiazole rings is 1. The minimum absolute atomic E-state index is 0.00961. The van der Waals surface area contributed by atoms with E-state index in [1.54, 1.807) is 18.5 Å². The van der Waals surface area contributed by atoms with Gasteiger partial charge in [-0.25, -0.2) is 9.97 Å². The van der Waals surface area contributed by atoms with Gasteiger partial charge < -0.3 is 9.67 Å². The SMILES string of the molecule is Cc1nc(S(=O)(=O)Nc2ncc(C#CCCO)s2)cn1C. The van der Waals surface area contributed by atoms with Crippen molar-refractivity contribution in [1.82, 2.24) is 14.5 Å². The summed E-state index contributed by atoms with van der Waals surface area (Å²) in [6, 6.07) is 0. The zero-order valence-corrected chi connectivity index (χ0v) is 13.1. The highest BCUT2D eigenvalue weighted by atomic mass is 32.2. The Kier molecular flexibility index (Phi) is 4.62. The van der Waals surface area contributed by atoms with Gasteiger partial charge in [-0.05, 0) is 6.92 Å². The van der Waals surface area contributed by atoms with Crippen molar-refractivity contribution in [2.24, 2.45) is 7.05 Å². The van der Waals surface area contributed by atoms with Crippen LogP contribution in [0.4, 0.5) is 5.13 Å². The van der Waals surface area contributed by atoms with Crippen molar-refractivity contribution in [3.63, 3.8) is 0 Å². The molecule has 0 fully saturated rings. The summed E-state index contributed by atoms with van der Waals surface area (Å²) in [7, 11) is -2.03. The van der Waals surface area contributed by atoms with E-state index in [2.05, 4.69) is 26.5 Å². The molecule has 0 spiro atoms. The molecule has 0 aliphatic carbocycles. The fraction of sp³-hybridized carbons (Fsp3) is 0.333. The zero-order valence-electron chi connectivity index (χ0n) is 11.5. The van der Waals surface area contributed by atoms with Crippen molar-refractivity contribution in [2.75, 3.05) is 11.3 Å². The fourth-order valence-corrected chi connectivity index (χ4v) is 3.38. The van der Waals surface area contributed by atoms with Crippen LogP contribution < -0.4 is 4.72 Å². The summed E-state index contributed by atoms with van der Waals surface area (Å²) in [6.45, 7) is 1.71. The van der Waals surface area contributed by atoms with Crippen LogP contribution in [0.15, 0.2) is 17.4 Å². The highest BCUT2D eigenvalue weighted by Gasteiger charge is 2.19. The van der Waals surface area contributed by atoms with E-state index in [1.807, 2.05) is 0 Å². The maximum atomic E-state index is 12.1. The van der Waals surface area contributed by atoms with Gasteiger partial charge in [0.25, 0.3) is 10.0 Å². The molecule has 2 heterocycles. The number of nitrogens with zero attached hydrogens (tertiary/aromatic N) is 3. The first-order valence-corrected chi connectivity index (χ1v) is 8.30. The molecule has 2 aromatic rings. The maximum Gasteiger partial charge on any atom is 0.282 e. The van der Waals surface area contributed by atoms with Gasteiger partial charge in [0.05, 0.1) is 17.7 Å². The number of anilines is 1. The van der Waals surface area contributed by atoms with E-state index in [1.165, 1.54) is 12.4 Å². The quantitative estimate of drug-likeness (QED) is 0.807. The Bertz CT molecular complexity index is 777. The molecular formula is C12H14N4O3S2. The lowest BCUT2D eigenvalue weighted by Gasteiger charge is -2.00. The first-order chi connectivity index (χ1) is 9.92. The van der Waals surface area contributed by atoms with Crippen LogP contribution in [0.3, 0.4) is 0 Å². The molecule has 7 nitrogen and oxygen atoms in total. The smallest absolute Gasteiger partial charge is 0.282 e. The van der Waals surface area contributed by atoms with Crippen LogP contribution >= 0.6 is 11.3 Å². The monoisotopic (exact) mass is 326 g/mol. The number of aromatic nitrogens is 3. The van der Waals surface area contributed by atoms with Crippen molar-refractivity contribution < 1.29 is 13.5 Å². The standard InChI is InChI=1S/C12H14N4O3S2/c1-9-14-11(8-16(9)2)21(18,19)15-12-13-7-10(20-12)5-3-4-6-17/h7-8,17H,4,6H2,1-2H3,(H,13,15). The Morgan fingerprint density at radius 1 is 1.52 bits per heavy atom. The first kappa shape index (κ1) is 15.5. The molecule has 2 N–H and O–H groups in total. The third kappa shape index (κ3) is 3.81. The van der Waals surface area contributed by atoms with E-state index < -0.39 is 10.0 Å². The highest BCUT2D eigenvalue weighted by Crippen LogP contribution is 2.20. The van der Waals surface area contributed by atoms with E-state index >= 15 is 0 Å². The first-order valence-electron chi connectivity index (χ1n) is 6.00. The third-order valence-corrected chi connectivity index (χ3v) is 4.70. The number of rotatable bonds is 4. The Morgan fingerprint density at radius 3 is 2.90 bits per heavy atom. The Hall–Kier alpha value is -1.89. The number of hydrogen-bond donors (Lipinski definition) is 2. The minimum atomic E-state index is -3.75. The normalized spacial score (nSPS) is 11.0. The highest BCUT2D eigenvalue weighted by molar-refractivity contribution is 7.92. The molecule has 0 amide bonds. The van der Waals surface area contributed by atoms with Crippen LogP contribution in [0.2, 0.25) is 0 Å². The van der Waals surface area contributed by atoms with Crippen LogP contribution in [0.25, 0.3) is 0 Å². The third-order valence-electron chi connectivity index (χ3n) is 2.54. The average molecular weight is 326 g/mol. The summed E-state index contributed by atoms with van der Waals surface area (Å²) < 4.78 is 28.3. The lowest BCUT2D eigenvalue weighted by molar-refractivity contribution is 0.305. The molecule has 0 radical (unpaired) electrons. The summed E-state index contributed by atoms with van der Waals surface area (Å²) in [6.07, 6.45) is 3.29. The van der Waals surface area contributed by atoms with Crippen molar-refractivity contribution in [1.29, 1.82) is 0 Å². The van der Waals surface area contributed by atoms with Crippen LogP contribution in [-0.2, 0) is 17.1 Å². The number of aliphatic hydroxyl groups is 1. The van der Waals surface area contributed by atoms with Gasteiger partial charge in [-0.1, -0.05) is 23.2 Å². The van der Waals surface area contributed by atoms with E-state index in [4.69, 9.17) is 5.11 Å². The molecule has 0 aromatic carbocycles. The number of imidazole rings is 1. The molecule has 0 saturated carbocycles. The van der Waals surface area contributed by atoms with Crippen LogP contribution in [0.1, 0.15) is 17.1 Å². The fourth-order valence-electron chi connectivity index (χ4n) is 1.41. The lowest BCUT2D eigenvalue weighted by atomic mass is 10.4. The van der Waals surface area contributed by atoms with E-state index in [9.17, 15) is 8.42 Å². The summed E-state index contributed by atoms with van der Waals surface area (Å²) in [5, 5.41) is 8.82. The zero-order chi connectivity index (χ0) is 15.5. The average Bonchev–Trinajstić information content (AvgIpc) is 2.98. The van der Waals surface area contributed by atoms with Crippen molar-refractivity contribution >= 4 is 26.5 Å². The Balaban J connectivity index is 2.16. The van der Waals surface area contributed by atoms with E-state index in [0.717, 1.165) is 11.3 Å². The van der Waals surface area contributed by atoms with Crippen molar-refractivity contribution in [2.45, 2.75) is 18.4 Å². The van der Waals surface area contributed by atoms with Gasteiger partial charge in [0, 0.05) is 19.7 Å². The van der Waals surface area contributed by atoms with Crippen molar-refractivity contribution in [3.8, 4) is 11.8 Å².